The van der Waals surface area contributed by atoms with Crippen molar-refractivity contribution >= 4 is 39.1 Å². The minimum Gasteiger partial charge on any atom is -0.321 e. The summed E-state index contributed by atoms with van der Waals surface area (Å²) in [6.45, 7) is 2.69. The van der Waals surface area contributed by atoms with Gasteiger partial charge in [0.2, 0.25) is 0 Å². The Hall–Kier alpha value is -1.33. The Morgan fingerprint density at radius 1 is 1.56 bits per heavy atom. The number of nitrogens with one attached hydrogen (secondary N) is 1. The van der Waals surface area contributed by atoms with Gasteiger partial charge in [-0.05, 0) is 25.1 Å². The van der Waals surface area contributed by atoms with Crippen molar-refractivity contribution in [3.63, 3.8) is 0 Å². The molecule has 0 fully saturated rings. The zero-order valence-electron chi connectivity index (χ0n) is 9.65. The third kappa shape index (κ3) is 2.91. The maximum Gasteiger partial charge on any atom is 0.258 e. The van der Waals surface area contributed by atoms with Gasteiger partial charge in [-0.3, -0.25) is 9.48 Å². The number of rotatable bonds is 3. The topological polar surface area (TPSA) is 46.9 Å². The molecule has 2 rings (SSSR count). The molecule has 0 saturated carbocycles. The highest BCUT2D eigenvalue weighted by atomic mass is 79.9. The second-order valence-electron chi connectivity index (χ2n) is 3.66. The van der Waals surface area contributed by atoms with Gasteiger partial charge in [0, 0.05) is 17.2 Å². The summed E-state index contributed by atoms with van der Waals surface area (Å²) in [5, 5.41) is 7.28. The predicted octanol–water partition coefficient (Wildman–Crippen LogP) is 3.57. The molecule has 18 heavy (non-hydrogen) atoms. The molecule has 6 heteroatoms. The van der Waals surface area contributed by atoms with E-state index in [1.54, 1.807) is 23.0 Å². The molecule has 0 unspecified atom stereocenters. The van der Waals surface area contributed by atoms with Crippen LogP contribution in [0.15, 0.2) is 35.1 Å². The highest BCUT2D eigenvalue weighted by Gasteiger charge is 2.10. The highest BCUT2D eigenvalue weighted by molar-refractivity contribution is 9.10. The minimum absolute atomic E-state index is 0.223. The fraction of sp³-hybridized carbons (Fsp3) is 0.167. The summed E-state index contributed by atoms with van der Waals surface area (Å²) < 4.78 is 2.56. The van der Waals surface area contributed by atoms with Crippen molar-refractivity contribution in [3.05, 3.63) is 45.7 Å². The first kappa shape index (κ1) is 13.1. The SMILES string of the molecule is CCn1cc(C(=O)Nc2ccc(Br)cc2Cl)cn1. The van der Waals surface area contributed by atoms with Crippen LogP contribution in [0, 0.1) is 0 Å². The van der Waals surface area contributed by atoms with Crippen LogP contribution in [-0.4, -0.2) is 15.7 Å². The molecular weight excluding hydrogens is 318 g/mol. The van der Waals surface area contributed by atoms with E-state index in [0.717, 1.165) is 11.0 Å². The third-order valence-corrected chi connectivity index (χ3v) is 3.20. The zero-order chi connectivity index (χ0) is 13.1. The zero-order valence-corrected chi connectivity index (χ0v) is 12.0. The van der Waals surface area contributed by atoms with E-state index in [1.165, 1.54) is 6.20 Å². The number of anilines is 1. The van der Waals surface area contributed by atoms with Gasteiger partial charge in [-0.15, -0.1) is 0 Å². The normalized spacial score (nSPS) is 10.4. The Bertz CT molecular complexity index is 582. The lowest BCUT2D eigenvalue weighted by molar-refractivity contribution is 0.102. The number of carbonyl (C=O) groups excluding carboxylic acids is 1. The molecule has 0 saturated heterocycles. The van der Waals surface area contributed by atoms with Crippen LogP contribution < -0.4 is 5.32 Å². The molecule has 0 atom stereocenters. The van der Waals surface area contributed by atoms with E-state index in [4.69, 9.17) is 11.6 Å². The molecule has 4 nitrogen and oxygen atoms in total. The molecule has 0 radical (unpaired) electrons. The number of aromatic nitrogens is 2. The number of halogens is 2. The maximum atomic E-state index is 11.9. The molecule has 1 aromatic carbocycles. The van der Waals surface area contributed by atoms with Gasteiger partial charge in [0.25, 0.3) is 5.91 Å². The first-order chi connectivity index (χ1) is 8.60. The second-order valence-corrected chi connectivity index (χ2v) is 4.99. The van der Waals surface area contributed by atoms with Crippen LogP contribution in [-0.2, 0) is 6.54 Å². The second kappa shape index (κ2) is 5.54. The first-order valence-electron chi connectivity index (χ1n) is 5.39. The Balaban J connectivity index is 2.16. The van der Waals surface area contributed by atoms with Crippen molar-refractivity contribution < 1.29 is 4.79 Å². The van der Waals surface area contributed by atoms with Crippen molar-refractivity contribution in [1.29, 1.82) is 0 Å². The van der Waals surface area contributed by atoms with Gasteiger partial charge >= 0.3 is 0 Å². The van der Waals surface area contributed by atoms with Gasteiger partial charge in [-0.25, -0.2) is 0 Å². The fourth-order valence-electron chi connectivity index (χ4n) is 1.44. The highest BCUT2D eigenvalue weighted by Crippen LogP contribution is 2.25. The van der Waals surface area contributed by atoms with Gasteiger partial charge in [0.15, 0.2) is 0 Å². The van der Waals surface area contributed by atoms with E-state index in [2.05, 4.69) is 26.3 Å². The number of carbonyl (C=O) groups is 1. The molecule has 1 amide bonds. The molecule has 0 bridgehead atoms. The van der Waals surface area contributed by atoms with Crippen LogP contribution in [0.4, 0.5) is 5.69 Å². The monoisotopic (exact) mass is 327 g/mol. The van der Waals surface area contributed by atoms with Crippen LogP contribution in [0.1, 0.15) is 17.3 Å². The molecule has 0 aliphatic heterocycles. The van der Waals surface area contributed by atoms with Gasteiger partial charge in [0.05, 0.1) is 22.5 Å². The lowest BCUT2D eigenvalue weighted by Gasteiger charge is -2.06. The van der Waals surface area contributed by atoms with Crippen molar-refractivity contribution in [2.75, 3.05) is 5.32 Å². The molecule has 94 valence electrons. The summed E-state index contributed by atoms with van der Waals surface area (Å²) in [5.41, 5.74) is 1.09. The summed E-state index contributed by atoms with van der Waals surface area (Å²) in [5.74, 6) is -0.223. The van der Waals surface area contributed by atoms with Crippen LogP contribution in [0.3, 0.4) is 0 Å². The summed E-state index contributed by atoms with van der Waals surface area (Å²) in [6.07, 6.45) is 3.23. The fourth-order valence-corrected chi connectivity index (χ4v) is 2.16. The summed E-state index contributed by atoms with van der Waals surface area (Å²) in [7, 11) is 0. The van der Waals surface area contributed by atoms with Crippen molar-refractivity contribution in [2.45, 2.75) is 13.5 Å². The van der Waals surface area contributed by atoms with Gasteiger partial charge in [0.1, 0.15) is 0 Å². The van der Waals surface area contributed by atoms with Crippen molar-refractivity contribution in [3.8, 4) is 0 Å². The summed E-state index contributed by atoms with van der Waals surface area (Å²) >= 11 is 9.34. The largest absolute Gasteiger partial charge is 0.321 e. The van der Waals surface area contributed by atoms with E-state index in [9.17, 15) is 4.79 Å². The van der Waals surface area contributed by atoms with Gasteiger partial charge in [-0.2, -0.15) is 5.10 Å². The lowest BCUT2D eigenvalue weighted by Crippen LogP contribution is -2.11. The van der Waals surface area contributed by atoms with E-state index in [0.29, 0.717) is 16.3 Å². The van der Waals surface area contributed by atoms with E-state index < -0.39 is 0 Å². The Morgan fingerprint density at radius 3 is 2.94 bits per heavy atom. The Kier molecular flexibility index (Phi) is 4.04. The van der Waals surface area contributed by atoms with Crippen LogP contribution in [0.25, 0.3) is 0 Å². The van der Waals surface area contributed by atoms with E-state index >= 15 is 0 Å². The van der Waals surface area contributed by atoms with Crippen LogP contribution >= 0.6 is 27.5 Å². The molecular formula is C12H11BrClN3O. The minimum atomic E-state index is -0.223. The third-order valence-electron chi connectivity index (χ3n) is 2.40. The summed E-state index contributed by atoms with van der Waals surface area (Å²) in [4.78, 5) is 11.9. The Morgan fingerprint density at radius 2 is 2.33 bits per heavy atom. The number of benzene rings is 1. The number of amides is 1. The standard InChI is InChI=1S/C12H11BrClN3O/c1-2-17-7-8(6-15-17)12(18)16-11-4-3-9(13)5-10(11)14/h3-7H,2H2,1H3,(H,16,18). The molecule has 1 heterocycles. The quantitative estimate of drug-likeness (QED) is 0.936. The van der Waals surface area contributed by atoms with Crippen molar-refractivity contribution in [2.24, 2.45) is 0 Å². The average Bonchev–Trinajstić information content (AvgIpc) is 2.81. The lowest BCUT2D eigenvalue weighted by atomic mass is 10.3. The number of hydrogen-bond donors (Lipinski definition) is 1. The van der Waals surface area contributed by atoms with Gasteiger partial charge in [-0.1, -0.05) is 27.5 Å². The van der Waals surface area contributed by atoms with Gasteiger partial charge < -0.3 is 5.32 Å². The number of hydrogen-bond acceptors (Lipinski definition) is 2. The van der Waals surface area contributed by atoms with E-state index in [-0.39, 0.29) is 5.91 Å². The van der Waals surface area contributed by atoms with Crippen LogP contribution in [0.5, 0.6) is 0 Å². The molecule has 0 aliphatic rings. The van der Waals surface area contributed by atoms with Crippen molar-refractivity contribution in [1.82, 2.24) is 9.78 Å². The molecule has 1 aromatic heterocycles. The van der Waals surface area contributed by atoms with E-state index in [1.807, 2.05) is 13.0 Å². The van der Waals surface area contributed by atoms with Crippen LogP contribution in [0.2, 0.25) is 5.02 Å². The maximum absolute atomic E-state index is 11.9. The first-order valence-corrected chi connectivity index (χ1v) is 6.56. The Labute approximate surface area is 118 Å². The predicted molar refractivity (Wildman–Crippen MR) is 75.0 cm³/mol. The molecule has 0 spiro atoms. The number of nitrogens with zero attached hydrogens (tertiary/aromatic N) is 2. The smallest absolute Gasteiger partial charge is 0.258 e. The number of aryl methyl sites for hydroxylation is 1. The average molecular weight is 329 g/mol. The molecule has 2 aromatic rings. The molecule has 0 aliphatic carbocycles. The molecule has 1 N–H and O–H groups in total. The summed E-state index contributed by atoms with van der Waals surface area (Å²) in [6, 6.07) is 5.29.